The minimum atomic E-state index is -0.774. The maximum atomic E-state index is 14.3. The number of hydrogen-bond acceptors (Lipinski definition) is 6. The second-order valence-corrected chi connectivity index (χ2v) is 8.06. The van der Waals surface area contributed by atoms with Gasteiger partial charge in [-0.15, -0.1) is 0 Å². The van der Waals surface area contributed by atoms with Crippen molar-refractivity contribution < 1.29 is 28.6 Å². The lowest BCUT2D eigenvalue weighted by Crippen LogP contribution is -2.38. The largest absolute Gasteiger partial charge is 0.507 e. The third-order valence-corrected chi connectivity index (χ3v) is 6.06. The zero-order valence-electron chi connectivity index (χ0n) is 18.5. The first-order chi connectivity index (χ1) is 16.0. The van der Waals surface area contributed by atoms with Crippen LogP contribution in [0.2, 0.25) is 0 Å². The Kier molecular flexibility index (Phi) is 7.05. The SMILES string of the molecule is COc1ccc(C(O)=C2C(=O)C(=O)N(CCCN3CCOCC3)[C@H]2c2ccccc2)cc1F. The van der Waals surface area contributed by atoms with E-state index in [4.69, 9.17) is 9.47 Å². The smallest absolute Gasteiger partial charge is 0.295 e. The topological polar surface area (TPSA) is 79.3 Å². The monoisotopic (exact) mass is 454 g/mol. The molecule has 1 amide bonds. The molecule has 0 bridgehead atoms. The maximum absolute atomic E-state index is 14.3. The summed E-state index contributed by atoms with van der Waals surface area (Å²) in [6.07, 6.45) is 0.674. The van der Waals surface area contributed by atoms with Gasteiger partial charge >= 0.3 is 0 Å². The van der Waals surface area contributed by atoms with Crippen LogP contribution in [-0.2, 0) is 14.3 Å². The minimum absolute atomic E-state index is 0.0229. The second-order valence-electron chi connectivity index (χ2n) is 8.06. The highest BCUT2D eigenvalue weighted by atomic mass is 19.1. The summed E-state index contributed by atoms with van der Waals surface area (Å²) in [5.41, 5.74) is 0.779. The maximum Gasteiger partial charge on any atom is 0.295 e. The van der Waals surface area contributed by atoms with Crippen LogP contribution in [0, 0.1) is 5.82 Å². The van der Waals surface area contributed by atoms with Crippen molar-refractivity contribution in [2.75, 3.05) is 46.5 Å². The Labute approximate surface area is 192 Å². The number of hydrogen-bond donors (Lipinski definition) is 1. The molecule has 0 unspecified atom stereocenters. The molecule has 0 radical (unpaired) electrons. The fourth-order valence-corrected chi connectivity index (χ4v) is 4.35. The summed E-state index contributed by atoms with van der Waals surface area (Å²) in [5, 5.41) is 11.0. The van der Waals surface area contributed by atoms with Crippen molar-refractivity contribution >= 4 is 17.4 Å². The Bertz CT molecular complexity index is 1050. The second kappa shape index (κ2) is 10.1. The summed E-state index contributed by atoms with van der Waals surface area (Å²) >= 11 is 0. The van der Waals surface area contributed by atoms with Crippen molar-refractivity contribution in [2.24, 2.45) is 0 Å². The van der Waals surface area contributed by atoms with Crippen molar-refractivity contribution in [1.29, 1.82) is 0 Å². The number of benzene rings is 2. The van der Waals surface area contributed by atoms with Gasteiger partial charge in [0, 0.05) is 31.7 Å². The van der Waals surface area contributed by atoms with E-state index in [1.807, 2.05) is 30.3 Å². The molecule has 0 saturated carbocycles. The van der Waals surface area contributed by atoms with Gasteiger partial charge in [0.05, 0.1) is 31.9 Å². The van der Waals surface area contributed by atoms with Gasteiger partial charge in [0.15, 0.2) is 11.6 Å². The Hall–Kier alpha value is -3.23. The molecule has 1 N–H and O–H groups in total. The zero-order chi connectivity index (χ0) is 23.4. The number of ether oxygens (including phenoxy) is 2. The summed E-state index contributed by atoms with van der Waals surface area (Å²) in [7, 11) is 1.34. The first kappa shape index (κ1) is 22.9. The van der Waals surface area contributed by atoms with Crippen LogP contribution in [-0.4, -0.2) is 73.1 Å². The van der Waals surface area contributed by atoms with E-state index in [0.717, 1.165) is 25.7 Å². The Morgan fingerprint density at radius 3 is 2.52 bits per heavy atom. The molecule has 0 spiro atoms. The van der Waals surface area contributed by atoms with Gasteiger partial charge in [0.2, 0.25) is 0 Å². The third-order valence-electron chi connectivity index (χ3n) is 6.06. The lowest BCUT2D eigenvalue weighted by molar-refractivity contribution is -0.140. The van der Waals surface area contributed by atoms with Crippen LogP contribution >= 0.6 is 0 Å². The number of carbonyl (C=O) groups is 2. The molecular weight excluding hydrogens is 427 g/mol. The van der Waals surface area contributed by atoms with Crippen molar-refractivity contribution in [3.05, 3.63) is 71.0 Å². The number of amides is 1. The minimum Gasteiger partial charge on any atom is -0.507 e. The first-order valence-corrected chi connectivity index (χ1v) is 11.0. The molecule has 2 aromatic rings. The first-order valence-electron chi connectivity index (χ1n) is 11.0. The molecule has 1 atom stereocenters. The molecule has 2 aliphatic heterocycles. The Balaban J connectivity index is 1.66. The molecule has 2 saturated heterocycles. The van der Waals surface area contributed by atoms with Crippen LogP contribution in [0.5, 0.6) is 5.75 Å². The number of nitrogens with zero attached hydrogens (tertiary/aromatic N) is 2. The number of Topliss-reactive ketones (excluding diaryl/α,β-unsaturated/α-hetero) is 1. The fraction of sp³-hybridized carbons (Fsp3) is 0.360. The number of morpholine rings is 1. The molecule has 2 aliphatic rings. The molecule has 4 rings (SSSR count). The number of aliphatic hydroxyl groups is 1. The highest BCUT2D eigenvalue weighted by Crippen LogP contribution is 2.39. The molecule has 8 heteroatoms. The van der Waals surface area contributed by atoms with Gasteiger partial charge in [-0.05, 0) is 30.2 Å². The van der Waals surface area contributed by atoms with E-state index in [0.29, 0.717) is 31.7 Å². The van der Waals surface area contributed by atoms with Gasteiger partial charge < -0.3 is 19.5 Å². The Morgan fingerprint density at radius 1 is 1.12 bits per heavy atom. The number of rotatable bonds is 7. The number of ketones is 1. The third kappa shape index (κ3) is 4.77. The molecule has 0 aromatic heterocycles. The average Bonchev–Trinajstić information content (AvgIpc) is 3.10. The van der Waals surface area contributed by atoms with Crippen molar-refractivity contribution in [2.45, 2.75) is 12.5 Å². The summed E-state index contributed by atoms with van der Waals surface area (Å²) in [5.74, 6) is -2.49. The predicted octanol–water partition coefficient (Wildman–Crippen LogP) is 2.98. The van der Waals surface area contributed by atoms with E-state index in [2.05, 4.69) is 4.90 Å². The highest BCUT2D eigenvalue weighted by molar-refractivity contribution is 6.46. The number of methoxy groups -OCH3 is 1. The van der Waals surface area contributed by atoms with E-state index in [9.17, 15) is 19.1 Å². The van der Waals surface area contributed by atoms with Gasteiger partial charge in [0.25, 0.3) is 11.7 Å². The Morgan fingerprint density at radius 2 is 1.85 bits per heavy atom. The molecule has 0 aliphatic carbocycles. The summed E-state index contributed by atoms with van der Waals surface area (Å²) in [4.78, 5) is 29.8. The number of aliphatic hydroxyl groups excluding tert-OH is 1. The van der Waals surface area contributed by atoms with Crippen LogP contribution in [0.25, 0.3) is 5.76 Å². The van der Waals surface area contributed by atoms with Crippen LogP contribution in [0.1, 0.15) is 23.6 Å². The van der Waals surface area contributed by atoms with E-state index in [1.165, 1.54) is 24.1 Å². The fourth-order valence-electron chi connectivity index (χ4n) is 4.35. The molecule has 2 fully saturated rings. The van der Waals surface area contributed by atoms with E-state index in [1.54, 1.807) is 0 Å². The predicted molar refractivity (Wildman–Crippen MR) is 120 cm³/mol. The summed E-state index contributed by atoms with van der Waals surface area (Å²) < 4.78 is 24.6. The van der Waals surface area contributed by atoms with Gasteiger partial charge in [-0.25, -0.2) is 4.39 Å². The zero-order valence-corrected chi connectivity index (χ0v) is 18.5. The van der Waals surface area contributed by atoms with Gasteiger partial charge in [-0.3, -0.25) is 14.5 Å². The molecule has 2 heterocycles. The van der Waals surface area contributed by atoms with Crippen LogP contribution < -0.4 is 4.74 Å². The number of likely N-dealkylation sites (tertiary alicyclic amines) is 1. The number of carbonyl (C=O) groups excluding carboxylic acids is 2. The number of halogens is 1. The van der Waals surface area contributed by atoms with Crippen LogP contribution in [0.15, 0.2) is 54.1 Å². The molecular formula is C25H27FN2O5. The standard InChI is InChI=1S/C25H27FN2O5/c1-32-20-9-8-18(16-19(20)26)23(29)21-22(17-6-3-2-4-7-17)28(25(31)24(21)30)11-5-10-27-12-14-33-15-13-27/h2-4,6-9,16,22,29H,5,10-15H2,1H3/t22-/m0/s1. The van der Waals surface area contributed by atoms with Gasteiger partial charge in [-0.2, -0.15) is 0 Å². The lowest BCUT2D eigenvalue weighted by atomic mass is 9.95. The normalized spacial score (nSPS) is 20.9. The van der Waals surface area contributed by atoms with E-state index < -0.39 is 29.3 Å². The summed E-state index contributed by atoms with van der Waals surface area (Å²) in [6.45, 7) is 4.18. The quantitative estimate of drug-likeness (QED) is 0.394. The van der Waals surface area contributed by atoms with E-state index >= 15 is 0 Å². The van der Waals surface area contributed by atoms with Crippen LogP contribution in [0.3, 0.4) is 0 Å². The average molecular weight is 454 g/mol. The van der Waals surface area contributed by atoms with Crippen LogP contribution in [0.4, 0.5) is 4.39 Å². The molecule has 33 heavy (non-hydrogen) atoms. The van der Waals surface area contributed by atoms with Crippen molar-refractivity contribution in [3.8, 4) is 5.75 Å². The highest BCUT2D eigenvalue weighted by Gasteiger charge is 2.45. The molecule has 174 valence electrons. The molecule has 7 nitrogen and oxygen atoms in total. The van der Waals surface area contributed by atoms with Gasteiger partial charge in [-0.1, -0.05) is 30.3 Å². The lowest BCUT2D eigenvalue weighted by Gasteiger charge is -2.29. The van der Waals surface area contributed by atoms with E-state index in [-0.39, 0.29) is 16.9 Å². The van der Waals surface area contributed by atoms with Crippen molar-refractivity contribution in [3.63, 3.8) is 0 Å². The molecule has 2 aromatic carbocycles. The van der Waals surface area contributed by atoms with Crippen molar-refractivity contribution in [1.82, 2.24) is 9.80 Å². The summed E-state index contributed by atoms with van der Waals surface area (Å²) in [6, 6.07) is 12.3. The van der Waals surface area contributed by atoms with Gasteiger partial charge in [0.1, 0.15) is 5.76 Å².